The summed E-state index contributed by atoms with van der Waals surface area (Å²) >= 11 is 0. The molecular formula is C5H13N2O4P. The third kappa shape index (κ3) is 6.21. The Morgan fingerprint density at radius 2 is 2.25 bits per heavy atom. The van der Waals surface area contributed by atoms with Crippen molar-refractivity contribution in [1.29, 1.82) is 0 Å². The van der Waals surface area contributed by atoms with E-state index in [1.807, 2.05) is 0 Å². The summed E-state index contributed by atoms with van der Waals surface area (Å²) in [5.74, 6) is 0.0799. The summed E-state index contributed by atoms with van der Waals surface area (Å²) in [4.78, 5) is 20.6. The number of hydrogen-bond acceptors (Lipinski definition) is 5. The second kappa shape index (κ2) is 7.15. The number of aliphatic hydroxyl groups excluding tert-OH is 1. The largest absolute Gasteiger partial charge is 0.629 e. The van der Waals surface area contributed by atoms with E-state index in [1.54, 1.807) is 0 Å². The van der Waals surface area contributed by atoms with Crippen molar-refractivity contribution in [3.63, 3.8) is 0 Å². The van der Waals surface area contributed by atoms with E-state index in [9.17, 15) is 9.69 Å². The van der Waals surface area contributed by atoms with Crippen molar-refractivity contribution in [2.75, 3.05) is 6.35 Å². The van der Waals surface area contributed by atoms with Gasteiger partial charge >= 0.3 is 5.97 Å². The molecule has 0 rings (SSSR count). The molecule has 0 spiro atoms. The minimum Gasteiger partial charge on any atom is -0.629 e. The highest BCUT2D eigenvalue weighted by Gasteiger charge is 2.10. The summed E-state index contributed by atoms with van der Waals surface area (Å²) in [6.07, 6.45) is -0.438. The predicted octanol–water partition coefficient (Wildman–Crippen LogP) is -1.54. The highest BCUT2D eigenvalue weighted by molar-refractivity contribution is 7.49. The van der Waals surface area contributed by atoms with Gasteiger partial charge in [-0.05, 0) is 0 Å². The van der Waals surface area contributed by atoms with Crippen LogP contribution in [0.25, 0.3) is 0 Å². The lowest BCUT2D eigenvalue weighted by Crippen LogP contribution is -2.30. The van der Waals surface area contributed by atoms with E-state index in [-0.39, 0.29) is 12.6 Å². The third-order valence-electron chi connectivity index (χ3n) is 1.02. The van der Waals surface area contributed by atoms with E-state index in [4.69, 9.17) is 15.9 Å². The lowest BCUT2D eigenvalue weighted by molar-refractivity contribution is -0.155. The quantitative estimate of drug-likeness (QED) is 0.401. The average molecular weight is 196 g/mol. The zero-order valence-electron chi connectivity index (χ0n) is 6.51. The predicted molar refractivity (Wildman–Crippen MR) is 45.3 cm³/mol. The van der Waals surface area contributed by atoms with E-state index in [0.717, 1.165) is 0 Å². The van der Waals surface area contributed by atoms with Crippen LogP contribution < -0.4 is 16.8 Å². The van der Waals surface area contributed by atoms with Gasteiger partial charge in [0.2, 0.25) is 0 Å². The fraction of sp³-hybridized carbons (Fsp3) is 0.600. The fourth-order valence-electron chi connectivity index (χ4n) is 0.390. The molecule has 7 N–H and O–H groups in total. The summed E-state index contributed by atoms with van der Waals surface area (Å²) in [6.45, 7) is 0. The molecule has 0 amide bonds. The minimum atomic E-state index is -1.80. The first-order valence-electron chi connectivity index (χ1n) is 2.94. The van der Waals surface area contributed by atoms with Gasteiger partial charge in [-0.3, -0.25) is 4.79 Å². The number of rotatable bonds is 4. The molecule has 6 nitrogen and oxygen atoms in total. The van der Waals surface area contributed by atoms with Crippen molar-refractivity contribution in [3.05, 3.63) is 0 Å². The number of nitrogens with two attached hydrogens (primary N) is 1. The number of hydrogen-bond donors (Lipinski definition) is 4. The summed E-state index contributed by atoms with van der Waals surface area (Å²) in [5.41, 5.74) is 5.08. The molecule has 0 aromatic carbocycles. The molecule has 0 saturated heterocycles. The zero-order valence-corrected chi connectivity index (χ0v) is 7.41. The summed E-state index contributed by atoms with van der Waals surface area (Å²) in [7, 11) is -1.80. The van der Waals surface area contributed by atoms with Crippen LogP contribution in [-0.2, 0) is 4.79 Å². The second-order valence-electron chi connectivity index (χ2n) is 1.92. The second-order valence-corrected chi connectivity index (χ2v) is 3.40. The molecule has 12 heavy (non-hydrogen) atoms. The van der Waals surface area contributed by atoms with Crippen LogP contribution in [0.1, 0.15) is 6.42 Å². The first kappa shape index (κ1) is 14.0. The Kier molecular flexibility index (Phi) is 8.36. The van der Waals surface area contributed by atoms with Crippen molar-refractivity contribution in [2.45, 2.75) is 12.5 Å². The van der Waals surface area contributed by atoms with Crippen molar-refractivity contribution in [2.24, 2.45) is 5.73 Å². The van der Waals surface area contributed by atoms with Gasteiger partial charge in [-0.25, -0.2) is 0 Å². The highest BCUT2D eigenvalue weighted by atomic mass is 31.1. The topological polar surface area (TPSA) is 142 Å². The van der Waals surface area contributed by atoms with Crippen LogP contribution >= 0.6 is 7.77 Å². The van der Waals surface area contributed by atoms with Gasteiger partial charge in [0.15, 0.2) is 6.35 Å². The molecule has 0 bridgehead atoms. The third-order valence-corrected chi connectivity index (χ3v) is 1.92. The number of carbonyl (C=O) groups is 1. The smallest absolute Gasteiger partial charge is 0.320 e. The Morgan fingerprint density at radius 3 is 2.58 bits per heavy atom. The van der Waals surface area contributed by atoms with Crippen LogP contribution in [0.2, 0.25) is 0 Å². The lowest BCUT2D eigenvalue weighted by Gasteiger charge is -1.99. The number of carboxylic acid groups (broad SMARTS) is 1. The van der Waals surface area contributed by atoms with Gasteiger partial charge in [0, 0.05) is 6.42 Å². The standard InChI is InChI=1S/C5H10NO4P.H3N/c6-4(5(8)9)1-2-11(10)3-7;/h2,4,7H,1,3,6H2,(H,8,9);1H3. The van der Waals surface area contributed by atoms with Crippen molar-refractivity contribution >= 4 is 19.5 Å². The molecule has 0 radical (unpaired) electrons. The van der Waals surface area contributed by atoms with E-state index in [1.165, 1.54) is 5.80 Å². The lowest BCUT2D eigenvalue weighted by atomic mass is 10.2. The summed E-state index contributed by atoms with van der Waals surface area (Å²) in [5, 5.41) is 16.5. The van der Waals surface area contributed by atoms with Gasteiger partial charge in [0.1, 0.15) is 6.04 Å². The molecule has 0 aliphatic heterocycles. The van der Waals surface area contributed by atoms with E-state index in [0.29, 0.717) is 0 Å². The van der Waals surface area contributed by atoms with Crippen molar-refractivity contribution in [3.8, 4) is 0 Å². The van der Waals surface area contributed by atoms with Crippen LogP contribution in [0, 0.1) is 0 Å². The van der Waals surface area contributed by atoms with Gasteiger partial charge in [-0.1, -0.05) is 0 Å². The number of carboxylic acids is 1. The van der Waals surface area contributed by atoms with Gasteiger partial charge in [-0.2, -0.15) is 0 Å². The van der Waals surface area contributed by atoms with Crippen LogP contribution in [0.15, 0.2) is 0 Å². The van der Waals surface area contributed by atoms with E-state index < -0.39 is 26.1 Å². The normalized spacial score (nSPS) is 13.4. The SMILES string of the molecule is N.NC(C/C=[P+](\[O-])CO)C(=O)O. The van der Waals surface area contributed by atoms with Crippen LogP contribution in [0.4, 0.5) is 0 Å². The minimum absolute atomic E-state index is 0. The van der Waals surface area contributed by atoms with Crippen molar-refractivity contribution < 1.29 is 19.9 Å². The molecule has 0 fully saturated rings. The number of aliphatic carboxylic acids is 1. The van der Waals surface area contributed by atoms with Crippen LogP contribution in [0.5, 0.6) is 0 Å². The van der Waals surface area contributed by atoms with Gasteiger partial charge in [0.25, 0.3) is 0 Å². The first-order chi connectivity index (χ1) is 5.07. The van der Waals surface area contributed by atoms with Gasteiger partial charge < -0.3 is 27.0 Å². The first-order valence-corrected chi connectivity index (χ1v) is 4.45. The number of aliphatic hydroxyl groups is 1. The van der Waals surface area contributed by atoms with Gasteiger partial charge in [-0.15, -0.1) is 0 Å². The summed E-state index contributed by atoms with van der Waals surface area (Å²) in [6, 6.07) is -1.03. The maximum absolute atomic E-state index is 10.5. The Morgan fingerprint density at radius 1 is 1.75 bits per heavy atom. The molecule has 7 heteroatoms. The molecular weight excluding hydrogens is 183 g/mol. The summed E-state index contributed by atoms with van der Waals surface area (Å²) < 4.78 is 0. The van der Waals surface area contributed by atoms with Gasteiger partial charge in [0.05, 0.1) is 13.6 Å². The molecule has 2 unspecified atom stereocenters. The molecule has 0 aliphatic rings. The zero-order chi connectivity index (χ0) is 8.85. The average Bonchev–Trinajstić information content (AvgIpc) is 1.99. The molecule has 0 aliphatic carbocycles. The highest BCUT2D eigenvalue weighted by Crippen LogP contribution is 2.06. The molecule has 0 aromatic rings. The molecule has 2 atom stereocenters. The maximum Gasteiger partial charge on any atom is 0.320 e. The Bertz CT molecular complexity index is 173. The van der Waals surface area contributed by atoms with Crippen LogP contribution in [0.3, 0.4) is 0 Å². The fourth-order valence-corrected chi connectivity index (χ4v) is 0.967. The Hall–Kier alpha value is -0.520. The Labute approximate surface area is 71.1 Å². The molecule has 0 aromatic heterocycles. The van der Waals surface area contributed by atoms with E-state index in [2.05, 4.69) is 0 Å². The molecule has 0 heterocycles. The molecule has 0 saturated carbocycles. The monoisotopic (exact) mass is 196 g/mol. The Balaban J connectivity index is 0. The molecule has 72 valence electrons. The maximum atomic E-state index is 10.5. The van der Waals surface area contributed by atoms with E-state index >= 15 is 0 Å². The van der Waals surface area contributed by atoms with Crippen molar-refractivity contribution in [1.82, 2.24) is 6.15 Å². The van der Waals surface area contributed by atoms with Crippen LogP contribution in [-0.4, -0.2) is 34.4 Å².